The minimum Gasteiger partial charge on any atom is -0.505 e. The van der Waals surface area contributed by atoms with E-state index in [4.69, 9.17) is 61.3 Å². The zero-order chi connectivity index (χ0) is 32.0. The van der Waals surface area contributed by atoms with Gasteiger partial charge in [0.2, 0.25) is 11.7 Å². The number of hydrogen-bond acceptors (Lipinski definition) is 16. The normalized spacial score (nSPS) is 18.9. The molecule has 0 aromatic rings. The van der Waals surface area contributed by atoms with E-state index in [1.165, 1.54) is 13.8 Å². The molecule has 0 aromatic carbocycles. The van der Waals surface area contributed by atoms with Crippen LogP contribution in [0.1, 0.15) is 20.3 Å². The molecule has 1 heterocycles. The van der Waals surface area contributed by atoms with Crippen LogP contribution in [0.5, 0.6) is 0 Å². The van der Waals surface area contributed by atoms with E-state index in [0.717, 1.165) is 0 Å². The first-order chi connectivity index (χ1) is 18.3. The fourth-order valence-corrected chi connectivity index (χ4v) is 2.32. The number of aliphatic hydroxyl groups excluding tert-OH is 11. The summed E-state index contributed by atoms with van der Waals surface area (Å²) in [6.45, 7) is 1.19. The summed E-state index contributed by atoms with van der Waals surface area (Å²) < 4.78 is 4.32. The van der Waals surface area contributed by atoms with Crippen molar-refractivity contribution >= 4 is 75.2 Å². The number of amides is 1. The van der Waals surface area contributed by atoms with Gasteiger partial charge in [-0.15, -0.1) is 0 Å². The van der Waals surface area contributed by atoms with Crippen molar-refractivity contribution in [3.8, 4) is 0 Å². The Labute approximate surface area is 275 Å². The molecule has 235 valence electrons. The number of carboxylic acid groups (broad SMARTS) is 2. The summed E-state index contributed by atoms with van der Waals surface area (Å²) in [6, 6.07) is 0. The van der Waals surface area contributed by atoms with E-state index >= 15 is 0 Å². The van der Waals surface area contributed by atoms with Crippen LogP contribution in [0, 0.1) is 5.41 Å². The van der Waals surface area contributed by atoms with Gasteiger partial charge in [-0.2, -0.15) is 0 Å². The monoisotopic (exact) mass is 630 g/mol. The molecule has 0 fully saturated rings. The molecule has 0 aliphatic carbocycles. The van der Waals surface area contributed by atoms with Crippen LogP contribution in [0.4, 0.5) is 0 Å². The number of ether oxygens (including phenoxy) is 1. The molecule has 7 atom stereocenters. The first kappa shape index (κ1) is 43.9. The minimum atomic E-state index is -2.20. The smallest absolute Gasteiger partial charge is 0.377 e. The molecule has 14 N–H and O–H groups in total. The fraction of sp³-hybridized carbons (Fsp3) is 0.714. The van der Waals surface area contributed by atoms with Crippen LogP contribution in [-0.2, 0) is 23.9 Å². The molecule has 0 saturated heterocycles. The summed E-state index contributed by atoms with van der Waals surface area (Å²) in [5.74, 6) is -6.20. The van der Waals surface area contributed by atoms with E-state index in [1.54, 1.807) is 0 Å². The van der Waals surface area contributed by atoms with Crippen molar-refractivity contribution in [2.75, 3.05) is 26.4 Å². The maximum atomic E-state index is 11.3. The number of carbonyl (C=O) groups excluding carboxylic acids is 2. The van der Waals surface area contributed by atoms with Gasteiger partial charge >= 0.3 is 17.9 Å². The average Bonchev–Trinajstić information content (AvgIpc) is 3.17. The Hall–Kier alpha value is -1.50. The molecule has 1 rings (SSSR count). The molecule has 0 saturated carbocycles. The predicted molar refractivity (Wildman–Crippen MR) is 132 cm³/mol. The Kier molecular flexibility index (Phi) is 22.8. The number of carboxylic acids is 2. The van der Waals surface area contributed by atoms with Crippen LogP contribution >= 0.6 is 0 Å². The molecular weight excluding hydrogens is 593 g/mol. The molecule has 1 aliphatic rings. The Bertz CT molecular complexity index is 867. The summed E-state index contributed by atoms with van der Waals surface area (Å²) in [6.07, 6.45) is -12.2. The quantitative estimate of drug-likeness (QED) is 0.0664. The van der Waals surface area contributed by atoms with Crippen molar-refractivity contribution in [3.63, 3.8) is 0 Å². The summed E-state index contributed by atoms with van der Waals surface area (Å²) in [5, 5.41) is 116. The molecule has 1 radical (unpaired) electrons. The van der Waals surface area contributed by atoms with Gasteiger partial charge in [-0.25, -0.2) is 9.59 Å². The second-order valence-corrected chi connectivity index (χ2v) is 8.81. The van der Waals surface area contributed by atoms with E-state index in [9.17, 15) is 24.3 Å². The van der Waals surface area contributed by atoms with Gasteiger partial charge in [0, 0.05) is 63.3 Å². The number of nitrogens with one attached hydrogen (secondary N) is 1. The Morgan fingerprint density at radius 3 is 1.78 bits per heavy atom. The second-order valence-electron chi connectivity index (χ2n) is 8.81. The zero-order valence-electron chi connectivity index (χ0n) is 22.4. The van der Waals surface area contributed by atoms with Crippen LogP contribution in [0.3, 0.4) is 0 Å². The number of carbonyl (C=O) groups is 4. The summed E-state index contributed by atoms with van der Waals surface area (Å²) in [4.78, 5) is 42.0. The number of hydrogen-bond donors (Lipinski definition) is 14. The Balaban J connectivity index is -0.000000525. The zero-order valence-corrected chi connectivity index (χ0v) is 25.6. The van der Waals surface area contributed by atoms with Crippen LogP contribution in [0.25, 0.3) is 0 Å². The van der Waals surface area contributed by atoms with E-state index in [0.29, 0.717) is 0 Å². The van der Waals surface area contributed by atoms with Crippen LogP contribution in [0.2, 0.25) is 0 Å². The van der Waals surface area contributed by atoms with Gasteiger partial charge in [-0.1, -0.05) is 13.8 Å². The van der Waals surface area contributed by atoms with Gasteiger partial charge in [0.15, 0.2) is 18.0 Å². The Morgan fingerprint density at radius 2 is 1.44 bits per heavy atom. The van der Waals surface area contributed by atoms with Gasteiger partial charge < -0.3 is 76.4 Å². The summed E-state index contributed by atoms with van der Waals surface area (Å²) in [5.41, 5.74) is -0.937. The summed E-state index contributed by atoms with van der Waals surface area (Å²) >= 11 is 0. The van der Waals surface area contributed by atoms with Crippen molar-refractivity contribution < 1.29 is 90.3 Å². The van der Waals surface area contributed by atoms with Gasteiger partial charge in [0.25, 0.3) is 0 Å². The molecule has 0 aromatic heterocycles. The van der Waals surface area contributed by atoms with Crippen molar-refractivity contribution in [1.29, 1.82) is 0 Å². The number of cyclic esters (lactones) is 1. The molecule has 1 aliphatic heterocycles. The Morgan fingerprint density at radius 1 is 0.927 bits per heavy atom. The first-order valence-electron chi connectivity index (χ1n) is 11.3. The SMILES string of the molecule is CC(C)(CO)[C@@H](O)C(=O)NCCC(=O)O.O=C(O)C(O)C(O)C(O)C(O)CO.O=C1O[C@H]([C@@H](O)CO)C(O)=C1O.[K]. The van der Waals surface area contributed by atoms with Crippen molar-refractivity contribution in [3.05, 3.63) is 11.5 Å². The van der Waals surface area contributed by atoms with Crippen LogP contribution in [-0.4, -0.2) is 211 Å². The largest absolute Gasteiger partial charge is 0.505 e. The fourth-order valence-electron chi connectivity index (χ4n) is 2.32. The standard InChI is InChI=1S/C9H17NO5.C6H12O7.C6H8O6.K/c1-9(2,5-11)7(14)8(15)10-4-3-6(12)13;7-1-2(8)3(9)4(10)5(11)6(12)13;7-1-2(8)5-3(9)4(10)6(11)12-5;/h7,11,14H,3-5H2,1-2H3,(H,10,15)(H,12,13);2-5,7-11H,1H2,(H,12,13);2,5,7-10H,1H2;/t7-;;2-,5+;/m0.0./s1. The van der Waals surface area contributed by atoms with Crippen LogP contribution < -0.4 is 5.32 Å². The molecule has 4 unspecified atom stereocenters. The van der Waals surface area contributed by atoms with Crippen molar-refractivity contribution in [2.24, 2.45) is 5.41 Å². The van der Waals surface area contributed by atoms with Gasteiger partial charge in [-0.3, -0.25) is 9.59 Å². The van der Waals surface area contributed by atoms with Crippen molar-refractivity contribution in [1.82, 2.24) is 5.32 Å². The number of esters is 1. The third-order valence-electron chi connectivity index (χ3n) is 5.02. The molecule has 41 heavy (non-hydrogen) atoms. The number of aliphatic hydroxyl groups is 11. The molecule has 19 nitrogen and oxygen atoms in total. The van der Waals surface area contributed by atoms with Gasteiger partial charge in [0.1, 0.15) is 30.5 Å². The van der Waals surface area contributed by atoms with E-state index < -0.39 is 96.7 Å². The number of aliphatic carboxylic acids is 2. The minimum absolute atomic E-state index is 0. The van der Waals surface area contributed by atoms with Gasteiger partial charge in [-0.05, 0) is 0 Å². The third kappa shape index (κ3) is 15.5. The second kappa shape index (κ2) is 21.2. The topological polar surface area (TPSA) is 353 Å². The third-order valence-corrected chi connectivity index (χ3v) is 5.02. The maximum absolute atomic E-state index is 11.3. The summed E-state index contributed by atoms with van der Waals surface area (Å²) in [7, 11) is 0. The molecule has 0 bridgehead atoms. The van der Waals surface area contributed by atoms with E-state index in [-0.39, 0.29) is 71.0 Å². The molecule has 20 heteroatoms. The van der Waals surface area contributed by atoms with E-state index in [1.807, 2.05) is 0 Å². The molecular formula is C21H37KNO18. The molecule has 0 spiro atoms. The van der Waals surface area contributed by atoms with E-state index in [2.05, 4.69) is 10.1 Å². The predicted octanol–water partition coefficient (Wildman–Crippen LogP) is -6.32. The number of rotatable bonds is 13. The first-order valence-corrected chi connectivity index (χ1v) is 11.3. The van der Waals surface area contributed by atoms with Crippen LogP contribution in [0.15, 0.2) is 11.5 Å². The molecule has 1 amide bonds. The van der Waals surface area contributed by atoms with Crippen molar-refractivity contribution in [2.45, 2.75) is 63.0 Å². The van der Waals surface area contributed by atoms with Gasteiger partial charge in [0.05, 0.1) is 26.2 Å². The maximum Gasteiger partial charge on any atom is 0.377 e. The average molecular weight is 631 g/mol.